The van der Waals surface area contributed by atoms with Crippen LogP contribution >= 0.6 is 11.6 Å². The molecule has 2 nitrogen and oxygen atoms in total. The molecule has 0 radical (unpaired) electrons. The Hall–Kier alpha value is -0.730. The third kappa shape index (κ3) is 2.68. The van der Waals surface area contributed by atoms with Crippen LogP contribution in [0.25, 0.3) is 0 Å². The van der Waals surface area contributed by atoms with Crippen molar-refractivity contribution in [3.05, 3.63) is 28.8 Å². The maximum Gasteiger partial charge on any atom is 0.0426 e. The second kappa shape index (κ2) is 5.57. The standard InChI is InChI=1S/C17H25ClN2/c1-13-6-7-15(18)10-16(13)20-12-17(19-11-14(20)2)8-4-3-5-9-17/h6-7,10,14,19H,3-5,8-9,11-12H2,1-2H3. The van der Waals surface area contributed by atoms with Crippen LogP contribution in [0, 0.1) is 6.92 Å². The van der Waals surface area contributed by atoms with Gasteiger partial charge in [0.1, 0.15) is 0 Å². The zero-order chi connectivity index (χ0) is 14.2. The van der Waals surface area contributed by atoms with E-state index in [1.165, 1.54) is 43.4 Å². The lowest BCUT2D eigenvalue weighted by Gasteiger charge is -2.50. The molecule has 1 heterocycles. The molecule has 2 fully saturated rings. The fourth-order valence-corrected chi connectivity index (χ4v) is 3.96. The molecule has 1 N–H and O–H groups in total. The van der Waals surface area contributed by atoms with Crippen LogP contribution in [0.1, 0.15) is 44.6 Å². The summed E-state index contributed by atoms with van der Waals surface area (Å²) >= 11 is 6.22. The van der Waals surface area contributed by atoms with Crippen LogP contribution in [0.3, 0.4) is 0 Å². The van der Waals surface area contributed by atoms with E-state index < -0.39 is 0 Å². The maximum atomic E-state index is 6.22. The van der Waals surface area contributed by atoms with Gasteiger partial charge in [-0.1, -0.05) is 36.9 Å². The second-order valence-electron chi connectivity index (χ2n) is 6.63. The Kier molecular flexibility index (Phi) is 3.96. The van der Waals surface area contributed by atoms with Crippen molar-refractivity contribution in [2.24, 2.45) is 0 Å². The molecule has 0 bridgehead atoms. The van der Waals surface area contributed by atoms with Gasteiger partial charge in [-0.25, -0.2) is 0 Å². The molecule has 1 aromatic carbocycles. The van der Waals surface area contributed by atoms with E-state index in [-0.39, 0.29) is 0 Å². The topological polar surface area (TPSA) is 15.3 Å². The van der Waals surface area contributed by atoms with Crippen LogP contribution in [-0.2, 0) is 0 Å². The summed E-state index contributed by atoms with van der Waals surface area (Å²) < 4.78 is 0. The van der Waals surface area contributed by atoms with Crippen molar-refractivity contribution in [1.29, 1.82) is 0 Å². The van der Waals surface area contributed by atoms with Crippen LogP contribution in [0.4, 0.5) is 5.69 Å². The third-order valence-corrected chi connectivity index (χ3v) is 5.30. The number of rotatable bonds is 1. The van der Waals surface area contributed by atoms with E-state index in [1.807, 2.05) is 6.07 Å². The van der Waals surface area contributed by atoms with Gasteiger partial charge in [-0.3, -0.25) is 0 Å². The minimum absolute atomic E-state index is 0.333. The van der Waals surface area contributed by atoms with Crippen LogP contribution in [0.15, 0.2) is 18.2 Å². The molecule has 1 atom stereocenters. The number of anilines is 1. The van der Waals surface area contributed by atoms with Crippen LogP contribution in [-0.4, -0.2) is 24.7 Å². The maximum absolute atomic E-state index is 6.22. The second-order valence-corrected chi connectivity index (χ2v) is 7.07. The average molecular weight is 293 g/mol. The molecular weight excluding hydrogens is 268 g/mol. The molecule has 110 valence electrons. The predicted molar refractivity (Wildman–Crippen MR) is 86.8 cm³/mol. The summed E-state index contributed by atoms with van der Waals surface area (Å²) in [5.74, 6) is 0. The van der Waals surface area contributed by atoms with Gasteiger partial charge in [-0.15, -0.1) is 0 Å². The van der Waals surface area contributed by atoms with Crippen molar-refractivity contribution >= 4 is 17.3 Å². The Balaban J connectivity index is 1.88. The highest BCUT2D eigenvalue weighted by atomic mass is 35.5. The number of hydrogen-bond acceptors (Lipinski definition) is 2. The third-order valence-electron chi connectivity index (χ3n) is 5.07. The smallest absolute Gasteiger partial charge is 0.0426 e. The minimum atomic E-state index is 0.333. The number of aryl methyl sites for hydroxylation is 1. The quantitative estimate of drug-likeness (QED) is 0.836. The number of piperazine rings is 1. The SMILES string of the molecule is Cc1ccc(Cl)cc1N1CC2(CCCCC2)NCC1C. The number of hydrogen-bond donors (Lipinski definition) is 1. The number of nitrogens with one attached hydrogen (secondary N) is 1. The Bertz CT molecular complexity index is 480. The minimum Gasteiger partial charge on any atom is -0.365 e. The molecule has 2 aliphatic rings. The molecular formula is C17H25ClN2. The van der Waals surface area contributed by atoms with Gasteiger partial charge in [0.05, 0.1) is 0 Å². The Morgan fingerprint density at radius 2 is 2.00 bits per heavy atom. The Morgan fingerprint density at radius 3 is 2.75 bits per heavy atom. The van der Waals surface area contributed by atoms with Gasteiger partial charge in [-0.05, 0) is 44.4 Å². The molecule has 20 heavy (non-hydrogen) atoms. The van der Waals surface area contributed by atoms with Gasteiger partial charge in [0.15, 0.2) is 0 Å². The summed E-state index contributed by atoms with van der Waals surface area (Å²) in [4.78, 5) is 2.57. The van der Waals surface area contributed by atoms with E-state index in [4.69, 9.17) is 11.6 Å². The lowest BCUT2D eigenvalue weighted by Crippen LogP contribution is -2.64. The molecule has 1 aliphatic carbocycles. The van der Waals surface area contributed by atoms with E-state index >= 15 is 0 Å². The number of nitrogens with zero attached hydrogens (tertiary/aromatic N) is 1. The van der Waals surface area contributed by atoms with Crippen molar-refractivity contribution in [2.45, 2.75) is 57.5 Å². The summed E-state index contributed by atoms with van der Waals surface area (Å²) in [6.45, 7) is 6.69. The molecule has 1 spiro atoms. The first-order chi connectivity index (χ1) is 9.60. The highest BCUT2D eigenvalue weighted by Gasteiger charge is 2.38. The Labute approximate surface area is 127 Å². The van der Waals surface area contributed by atoms with E-state index in [2.05, 4.69) is 36.2 Å². The first-order valence-electron chi connectivity index (χ1n) is 7.87. The number of benzene rings is 1. The van der Waals surface area contributed by atoms with Gasteiger partial charge in [-0.2, -0.15) is 0 Å². The van der Waals surface area contributed by atoms with E-state index in [0.717, 1.165) is 18.1 Å². The van der Waals surface area contributed by atoms with Gasteiger partial charge in [0, 0.05) is 35.4 Å². The largest absolute Gasteiger partial charge is 0.365 e. The van der Waals surface area contributed by atoms with Crippen molar-refractivity contribution in [3.63, 3.8) is 0 Å². The lowest BCUT2D eigenvalue weighted by molar-refractivity contribution is 0.200. The highest BCUT2D eigenvalue weighted by molar-refractivity contribution is 6.30. The fraction of sp³-hybridized carbons (Fsp3) is 0.647. The zero-order valence-electron chi connectivity index (χ0n) is 12.6. The molecule has 1 aliphatic heterocycles. The molecule has 1 saturated carbocycles. The predicted octanol–water partition coefficient (Wildman–Crippen LogP) is 4.15. The van der Waals surface area contributed by atoms with Crippen LogP contribution in [0.5, 0.6) is 0 Å². The molecule has 1 saturated heterocycles. The van der Waals surface area contributed by atoms with Crippen LogP contribution in [0.2, 0.25) is 5.02 Å². The first kappa shape index (κ1) is 14.2. The van der Waals surface area contributed by atoms with Crippen molar-refractivity contribution in [2.75, 3.05) is 18.0 Å². The van der Waals surface area contributed by atoms with E-state index in [9.17, 15) is 0 Å². The summed E-state index contributed by atoms with van der Waals surface area (Å²) in [5, 5.41) is 4.69. The van der Waals surface area contributed by atoms with E-state index in [1.54, 1.807) is 0 Å². The molecule has 0 aromatic heterocycles. The van der Waals surface area contributed by atoms with Crippen molar-refractivity contribution in [1.82, 2.24) is 5.32 Å². The lowest BCUT2D eigenvalue weighted by atomic mass is 9.79. The Morgan fingerprint density at radius 1 is 1.25 bits per heavy atom. The first-order valence-corrected chi connectivity index (χ1v) is 8.25. The molecule has 0 amide bonds. The molecule has 1 unspecified atom stereocenters. The van der Waals surface area contributed by atoms with Gasteiger partial charge >= 0.3 is 0 Å². The summed E-state index contributed by atoms with van der Waals surface area (Å²) in [5.41, 5.74) is 2.98. The monoisotopic (exact) mass is 292 g/mol. The zero-order valence-corrected chi connectivity index (χ0v) is 13.3. The van der Waals surface area contributed by atoms with Gasteiger partial charge in [0.2, 0.25) is 0 Å². The molecule has 3 heteroatoms. The molecule has 1 aromatic rings. The summed E-state index contributed by atoms with van der Waals surface area (Å²) in [7, 11) is 0. The van der Waals surface area contributed by atoms with Gasteiger partial charge < -0.3 is 10.2 Å². The highest BCUT2D eigenvalue weighted by Crippen LogP contribution is 2.35. The fourth-order valence-electron chi connectivity index (χ4n) is 3.79. The summed E-state index contributed by atoms with van der Waals surface area (Å²) in [6.07, 6.45) is 6.76. The number of halogens is 1. The average Bonchev–Trinajstić information content (AvgIpc) is 2.46. The van der Waals surface area contributed by atoms with Crippen LogP contribution < -0.4 is 10.2 Å². The van der Waals surface area contributed by atoms with Crippen molar-refractivity contribution < 1.29 is 0 Å². The van der Waals surface area contributed by atoms with Gasteiger partial charge in [0.25, 0.3) is 0 Å². The van der Waals surface area contributed by atoms with E-state index in [0.29, 0.717) is 11.6 Å². The normalized spacial score (nSPS) is 25.9. The summed E-state index contributed by atoms with van der Waals surface area (Å²) in [6, 6.07) is 6.79. The molecule has 3 rings (SSSR count). The van der Waals surface area contributed by atoms with Crippen molar-refractivity contribution in [3.8, 4) is 0 Å².